The quantitative estimate of drug-likeness (QED) is 0.522. The normalized spacial score (nSPS) is 10.8. The van der Waals surface area contributed by atoms with Crippen molar-refractivity contribution in [1.82, 2.24) is 14.9 Å². The number of rotatable bonds is 5. The van der Waals surface area contributed by atoms with E-state index in [9.17, 15) is 0 Å². The first-order valence-corrected chi connectivity index (χ1v) is 8.76. The van der Waals surface area contributed by atoms with E-state index in [4.69, 9.17) is 4.98 Å². The summed E-state index contributed by atoms with van der Waals surface area (Å²) in [4.78, 5) is 4.84. The van der Waals surface area contributed by atoms with Gasteiger partial charge in [-0.25, -0.2) is 0 Å². The summed E-state index contributed by atoms with van der Waals surface area (Å²) in [6, 6.07) is 25.2. The van der Waals surface area contributed by atoms with Crippen LogP contribution in [0.3, 0.4) is 0 Å². The minimum atomic E-state index is 0.809. The molecule has 0 unspecified atom stereocenters. The van der Waals surface area contributed by atoms with Crippen LogP contribution in [0.2, 0.25) is 0 Å². The van der Waals surface area contributed by atoms with E-state index in [0.717, 1.165) is 29.9 Å². The highest BCUT2D eigenvalue weighted by molar-refractivity contribution is 5.36. The van der Waals surface area contributed by atoms with Crippen molar-refractivity contribution in [2.45, 2.75) is 12.8 Å². The lowest BCUT2D eigenvalue weighted by Gasteiger charge is -2.06. The summed E-state index contributed by atoms with van der Waals surface area (Å²) in [6.07, 6.45) is 5.56. The van der Waals surface area contributed by atoms with Crippen LogP contribution >= 0.6 is 0 Å². The van der Waals surface area contributed by atoms with Gasteiger partial charge in [0.2, 0.25) is 0 Å². The van der Waals surface area contributed by atoms with Crippen LogP contribution in [-0.4, -0.2) is 14.9 Å². The number of pyridine rings is 1. The SMILES string of the molecule is C[n+]1ccn(-c2cccc(Cc3cccc(Cc4ccccc4)n3)c2)n1. The third-order valence-corrected chi connectivity index (χ3v) is 4.31. The predicted molar refractivity (Wildman–Crippen MR) is 101 cm³/mol. The lowest BCUT2D eigenvalue weighted by molar-refractivity contribution is -0.731. The van der Waals surface area contributed by atoms with Crippen molar-refractivity contribution in [2.75, 3.05) is 0 Å². The Labute approximate surface area is 153 Å². The second kappa shape index (κ2) is 7.31. The summed E-state index contributed by atoms with van der Waals surface area (Å²) in [5.41, 5.74) is 5.75. The molecule has 2 aromatic carbocycles. The second-order valence-electron chi connectivity index (χ2n) is 6.44. The van der Waals surface area contributed by atoms with Crippen molar-refractivity contribution in [1.29, 1.82) is 0 Å². The van der Waals surface area contributed by atoms with Crippen LogP contribution in [0.5, 0.6) is 0 Å². The molecule has 4 nitrogen and oxygen atoms in total. The molecule has 0 atom stereocenters. The van der Waals surface area contributed by atoms with Gasteiger partial charge in [0.25, 0.3) is 0 Å². The summed E-state index contributed by atoms with van der Waals surface area (Å²) in [6.45, 7) is 0. The summed E-state index contributed by atoms with van der Waals surface area (Å²) in [5, 5.41) is 4.41. The zero-order valence-corrected chi connectivity index (χ0v) is 14.8. The van der Waals surface area contributed by atoms with Gasteiger partial charge in [-0.05, 0) is 35.4 Å². The molecule has 0 amide bonds. The molecule has 0 fully saturated rings. The van der Waals surface area contributed by atoms with E-state index >= 15 is 0 Å². The van der Waals surface area contributed by atoms with E-state index in [1.165, 1.54) is 11.1 Å². The third-order valence-electron chi connectivity index (χ3n) is 4.31. The molecule has 0 aliphatic carbocycles. The number of nitrogens with zero attached hydrogens (tertiary/aromatic N) is 4. The first kappa shape index (κ1) is 16.2. The zero-order chi connectivity index (χ0) is 17.8. The zero-order valence-electron chi connectivity index (χ0n) is 14.8. The predicted octanol–water partition coefficient (Wildman–Crippen LogP) is 3.27. The Kier molecular flexibility index (Phi) is 4.56. The maximum absolute atomic E-state index is 4.84. The van der Waals surface area contributed by atoms with Crippen LogP contribution in [0.1, 0.15) is 22.5 Å². The first-order chi connectivity index (χ1) is 12.8. The van der Waals surface area contributed by atoms with Crippen molar-refractivity contribution in [2.24, 2.45) is 7.05 Å². The maximum atomic E-state index is 4.84. The van der Waals surface area contributed by atoms with Crippen LogP contribution in [0.4, 0.5) is 0 Å². The standard InChI is InChI=1S/C22H21N4/c1-25-13-14-26(24-25)22-12-5-9-19(17-22)16-21-11-6-10-20(23-21)15-18-7-3-2-4-8-18/h2-14,17H,15-16H2,1H3/q+1. The summed E-state index contributed by atoms with van der Waals surface area (Å²) in [7, 11) is 1.92. The summed E-state index contributed by atoms with van der Waals surface area (Å²) in [5.74, 6) is 0. The Balaban J connectivity index is 1.53. The lowest BCUT2D eigenvalue weighted by Crippen LogP contribution is -2.30. The molecule has 0 aliphatic heterocycles. The fraction of sp³-hybridized carbons (Fsp3) is 0.136. The van der Waals surface area contributed by atoms with Crippen LogP contribution in [0.25, 0.3) is 5.69 Å². The molecule has 4 rings (SSSR count). The van der Waals surface area contributed by atoms with E-state index in [1.54, 1.807) is 4.68 Å². The van der Waals surface area contributed by atoms with Crippen molar-refractivity contribution in [3.8, 4) is 5.69 Å². The molecule has 0 saturated carbocycles. The largest absolute Gasteiger partial charge is 0.257 e. The summed E-state index contributed by atoms with van der Waals surface area (Å²) >= 11 is 0. The molecular formula is C22H21N4+. The van der Waals surface area contributed by atoms with E-state index in [1.807, 2.05) is 30.2 Å². The minimum Gasteiger partial charge on any atom is -0.257 e. The number of hydrogen-bond acceptors (Lipinski definition) is 2. The lowest BCUT2D eigenvalue weighted by atomic mass is 10.1. The van der Waals surface area contributed by atoms with Crippen molar-refractivity contribution >= 4 is 0 Å². The number of aryl methyl sites for hydroxylation is 1. The van der Waals surface area contributed by atoms with Gasteiger partial charge in [0.1, 0.15) is 7.05 Å². The van der Waals surface area contributed by atoms with Crippen LogP contribution in [0.15, 0.2) is 85.2 Å². The highest BCUT2D eigenvalue weighted by atomic mass is 15.5. The van der Waals surface area contributed by atoms with Crippen molar-refractivity contribution in [3.05, 3.63) is 108 Å². The molecule has 2 aromatic heterocycles. The molecule has 4 aromatic rings. The number of hydrogen-bond donors (Lipinski definition) is 0. The van der Waals surface area contributed by atoms with Gasteiger partial charge >= 0.3 is 0 Å². The molecule has 2 heterocycles. The molecule has 0 aliphatic rings. The smallest absolute Gasteiger partial charge is 0.161 e. The number of aromatic nitrogens is 4. The topological polar surface area (TPSA) is 34.6 Å². The Morgan fingerprint density at radius 2 is 1.50 bits per heavy atom. The maximum Gasteiger partial charge on any atom is 0.161 e. The van der Waals surface area contributed by atoms with Crippen LogP contribution in [0, 0.1) is 0 Å². The average Bonchev–Trinajstić information content (AvgIpc) is 3.10. The van der Waals surface area contributed by atoms with Crippen LogP contribution < -0.4 is 4.68 Å². The molecule has 0 saturated heterocycles. The van der Waals surface area contributed by atoms with Crippen molar-refractivity contribution < 1.29 is 4.68 Å². The molecular weight excluding hydrogens is 320 g/mol. The summed E-state index contributed by atoms with van der Waals surface area (Å²) < 4.78 is 3.67. The molecule has 0 radical (unpaired) electrons. The van der Waals surface area contributed by atoms with E-state index in [2.05, 4.69) is 71.9 Å². The molecule has 0 spiro atoms. The van der Waals surface area contributed by atoms with Gasteiger partial charge in [-0.3, -0.25) is 4.98 Å². The van der Waals surface area contributed by atoms with Gasteiger partial charge in [0.05, 0.1) is 5.21 Å². The van der Waals surface area contributed by atoms with Crippen molar-refractivity contribution in [3.63, 3.8) is 0 Å². The first-order valence-electron chi connectivity index (χ1n) is 8.76. The van der Waals surface area contributed by atoms with Crippen LogP contribution in [-0.2, 0) is 19.9 Å². The Morgan fingerprint density at radius 3 is 2.23 bits per heavy atom. The molecule has 0 N–H and O–H groups in total. The van der Waals surface area contributed by atoms with Gasteiger partial charge in [-0.15, -0.1) is 9.36 Å². The van der Waals surface area contributed by atoms with Gasteiger partial charge in [0, 0.05) is 24.2 Å². The second-order valence-corrected chi connectivity index (χ2v) is 6.44. The Hall–Kier alpha value is -3.27. The van der Waals surface area contributed by atoms with E-state index in [0.29, 0.717) is 0 Å². The molecule has 0 bridgehead atoms. The highest BCUT2D eigenvalue weighted by Crippen LogP contribution is 2.14. The van der Waals surface area contributed by atoms with E-state index in [-0.39, 0.29) is 0 Å². The molecule has 128 valence electrons. The van der Waals surface area contributed by atoms with Gasteiger partial charge < -0.3 is 0 Å². The average molecular weight is 341 g/mol. The van der Waals surface area contributed by atoms with Gasteiger partial charge in [0.15, 0.2) is 18.1 Å². The third kappa shape index (κ3) is 3.86. The number of benzene rings is 2. The van der Waals surface area contributed by atoms with Gasteiger partial charge in [-0.2, -0.15) is 0 Å². The van der Waals surface area contributed by atoms with Gasteiger partial charge in [-0.1, -0.05) is 48.5 Å². The minimum absolute atomic E-state index is 0.809. The Morgan fingerprint density at radius 1 is 0.808 bits per heavy atom. The molecule has 26 heavy (non-hydrogen) atoms. The highest BCUT2D eigenvalue weighted by Gasteiger charge is 2.08. The molecule has 4 heteroatoms. The fourth-order valence-corrected chi connectivity index (χ4v) is 3.06. The monoisotopic (exact) mass is 341 g/mol. The van der Waals surface area contributed by atoms with E-state index < -0.39 is 0 Å². The Bertz CT molecular complexity index is 1010. The fourth-order valence-electron chi connectivity index (χ4n) is 3.06.